The van der Waals surface area contributed by atoms with Crippen LogP contribution in [0.25, 0.3) is 33.2 Å². The molecule has 0 fully saturated rings. The largest absolute Gasteiger partial charge is 0.353 e. The maximum absolute atomic E-state index is 6.47. The molecule has 0 atom stereocenters. The molecule has 0 bridgehead atoms. The first-order valence-corrected chi connectivity index (χ1v) is 9.59. The number of aromatic nitrogens is 5. The molecule has 28 heavy (non-hydrogen) atoms. The highest BCUT2D eigenvalue weighted by Gasteiger charge is 2.21. The number of halogens is 2. The lowest BCUT2D eigenvalue weighted by molar-refractivity contribution is -0.687. The summed E-state index contributed by atoms with van der Waals surface area (Å²) in [6.45, 7) is 0.775. The first-order valence-electron chi connectivity index (χ1n) is 8.83. The molecular weight excluding hydrogens is 393 g/mol. The van der Waals surface area contributed by atoms with Crippen molar-refractivity contribution in [1.82, 2.24) is 19.7 Å². The monoisotopic (exact) mass is 408 g/mol. The van der Waals surface area contributed by atoms with Gasteiger partial charge in [0.25, 0.3) is 0 Å². The van der Waals surface area contributed by atoms with Crippen LogP contribution in [0.2, 0.25) is 10.2 Å². The van der Waals surface area contributed by atoms with E-state index >= 15 is 0 Å². The van der Waals surface area contributed by atoms with Crippen LogP contribution in [0.4, 0.5) is 0 Å². The molecule has 5 rings (SSSR count). The van der Waals surface area contributed by atoms with Gasteiger partial charge in [0.1, 0.15) is 16.4 Å². The topological polar surface area (TPSA) is 50.4 Å². The Morgan fingerprint density at radius 3 is 2.68 bits per heavy atom. The average Bonchev–Trinajstić information content (AvgIpc) is 3.29. The molecule has 5 nitrogen and oxygen atoms in total. The molecule has 7 heteroatoms. The Labute approximate surface area is 171 Å². The molecule has 0 radical (unpaired) electrons. The normalized spacial score (nSPS) is 11.5. The summed E-state index contributed by atoms with van der Waals surface area (Å²) < 4.78 is 3.89. The molecule has 0 amide bonds. The van der Waals surface area contributed by atoms with Gasteiger partial charge >= 0.3 is 0 Å². The Bertz CT molecular complexity index is 1320. The molecule has 0 aliphatic rings. The number of H-pyrrole nitrogens is 1. The molecule has 1 N–H and O–H groups in total. The van der Waals surface area contributed by atoms with E-state index in [9.17, 15) is 0 Å². The summed E-state index contributed by atoms with van der Waals surface area (Å²) in [6, 6.07) is 14.3. The highest BCUT2D eigenvalue weighted by Crippen LogP contribution is 2.38. The van der Waals surface area contributed by atoms with E-state index < -0.39 is 0 Å². The Kier molecular flexibility index (Phi) is 4.07. The average molecular weight is 409 g/mol. The number of aromatic amines is 1. The number of fused-ring (bicyclic) bond motifs is 3. The second kappa shape index (κ2) is 6.62. The molecular formula is C21H16Cl2N5+. The lowest BCUT2D eigenvalue weighted by Gasteiger charge is -2.04. The molecule has 0 spiro atoms. The van der Waals surface area contributed by atoms with Crippen molar-refractivity contribution in [2.45, 2.75) is 6.54 Å². The van der Waals surface area contributed by atoms with Crippen molar-refractivity contribution >= 4 is 45.0 Å². The lowest BCUT2D eigenvalue weighted by Crippen LogP contribution is -2.33. The van der Waals surface area contributed by atoms with Gasteiger partial charge in [-0.25, -0.2) is 9.55 Å². The number of rotatable bonds is 3. The van der Waals surface area contributed by atoms with E-state index in [1.165, 1.54) is 5.56 Å². The quantitative estimate of drug-likeness (QED) is 0.345. The van der Waals surface area contributed by atoms with Crippen LogP contribution in [-0.2, 0) is 13.6 Å². The number of hydrogen-bond donors (Lipinski definition) is 1. The predicted molar refractivity (Wildman–Crippen MR) is 112 cm³/mol. The summed E-state index contributed by atoms with van der Waals surface area (Å²) in [5.74, 6) is 0. The van der Waals surface area contributed by atoms with Gasteiger partial charge in [0.05, 0.1) is 16.4 Å². The molecule has 0 unspecified atom stereocenters. The molecule has 138 valence electrons. The van der Waals surface area contributed by atoms with Crippen molar-refractivity contribution in [1.29, 1.82) is 0 Å². The van der Waals surface area contributed by atoms with Crippen LogP contribution in [-0.4, -0.2) is 19.7 Å². The van der Waals surface area contributed by atoms with E-state index in [1.54, 1.807) is 4.68 Å². The van der Waals surface area contributed by atoms with Gasteiger partial charge in [0, 0.05) is 30.3 Å². The predicted octanol–water partition coefficient (Wildman–Crippen LogP) is 4.76. The van der Waals surface area contributed by atoms with Crippen LogP contribution in [0.15, 0.2) is 61.1 Å². The molecule has 1 aromatic carbocycles. The Morgan fingerprint density at radius 1 is 1.11 bits per heavy atom. The van der Waals surface area contributed by atoms with Crippen molar-refractivity contribution in [3.63, 3.8) is 0 Å². The summed E-state index contributed by atoms with van der Waals surface area (Å²) >= 11 is 12.8. The lowest BCUT2D eigenvalue weighted by atomic mass is 10.1. The van der Waals surface area contributed by atoms with Crippen LogP contribution in [0.3, 0.4) is 0 Å². The van der Waals surface area contributed by atoms with E-state index in [2.05, 4.69) is 38.0 Å². The number of benzene rings is 1. The summed E-state index contributed by atoms with van der Waals surface area (Å²) in [5, 5.41) is 7.14. The third-order valence-corrected chi connectivity index (χ3v) is 5.55. The SMILES string of the molecule is Cn1ccc(-c2nc(Cl)c(Cl)c3[nH]c4cc[n+](Cc5ccccc5)cc4c23)n1. The van der Waals surface area contributed by atoms with Crippen LogP contribution in [0, 0.1) is 0 Å². The minimum atomic E-state index is 0.263. The van der Waals surface area contributed by atoms with Gasteiger partial charge in [-0.1, -0.05) is 53.5 Å². The van der Waals surface area contributed by atoms with Gasteiger partial charge < -0.3 is 4.98 Å². The molecule has 0 aliphatic carbocycles. The van der Waals surface area contributed by atoms with Crippen LogP contribution in [0.1, 0.15) is 5.56 Å². The van der Waals surface area contributed by atoms with E-state index in [1.807, 2.05) is 49.8 Å². The highest BCUT2D eigenvalue weighted by atomic mass is 35.5. The van der Waals surface area contributed by atoms with Crippen LogP contribution < -0.4 is 4.57 Å². The van der Waals surface area contributed by atoms with Crippen LogP contribution in [0.5, 0.6) is 0 Å². The molecule has 0 saturated carbocycles. The second-order valence-corrected chi connectivity index (χ2v) is 7.48. The van der Waals surface area contributed by atoms with Crippen molar-refractivity contribution < 1.29 is 4.57 Å². The number of aryl methyl sites for hydroxylation is 1. The van der Waals surface area contributed by atoms with Gasteiger partial charge in [-0.2, -0.15) is 5.10 Å². The maximum Gasteiger partial charge on any atom is 0.179 e. The zero-order valence-electron chi connectivity index (χ0n) is 15.0. The maximum atomic E-state index is 6.47. The van der Waals surface area contributed by atoms with E-state index in [-0.39, 0.29) is 5.15 Å². The Hall–Kier alpha value is -2.89. The minimum Gasteiger partial charge on any atom is -0.353 e. The van der Waals surface area contributed by atoms with Crippen molar-refractivity contribution in [2.24, 2.45) is 7.05 Å². The van der Waals surface area contributed by atoms with Gasteiger partial charge in [0.2, 0.25) is 0 Å². The van der Waals surface area contributed by atoms with Gasteiger partial charge in [0.15, 0.2) is 24.1 Å². The van der Waals surface area contributed by atoms with Crippen molar-refractivity contribution in [2.75, 3.05) is 0 Å². The smallest absolute Gasteiger partial charge is 0.179 e. The second-order valence-electron chi connectivity index (χ2n) is 6.74. The van der Waals surface area contributed by atoms with Gasteiger partial charge in [-0.05, 0) is 6.07 Å². The zero-order chi connectivity index (χ0) is 19.3. The summed E-state index contributed by atoms with van der Waals surface area (Å²) in [5.41, 5.74) is 4.45. The van der Waals surface area contributed by atoms with E-state index in [0.29, 0.717) is 10.7 Å². The molecule has 4 aromatic heterocycles. The first kappa shape index (κ1) is 17.2. The first-order chi connectivity index (χ1) is 13.6. The summed E-state index contributed by atoms with van der Waals surface area (Å²) in [6.07, 6.45) is 6.05. The van der Waals surface area contributed by atoms with Crippen LogP contribution >= 0.6 is 23.2 Å². The van der Waals surface area contributed by atoms with Gasteiger partial charge in [-0.15, -0.1) is 0 Å². The fourth-order valence-electron chi connectivity index (χ4n) is 3.51. The summed E-state index contributed by atoms with van der Waals surface area (Å²) in [7, 11) is 1.88. The summed E-state index contributed by atoms with van der Waals surface area (Å²) in [4.78, 5) is 7.94. The number of nitrogens with zero attached hydrogens (tertiary/aromatic N) is 4. The zero-order valence-corrected chi connectivity index (χ0v) is 16.5. The molecule has 4 heterocycles. The third-order valence-electron chi connectivity index (χ3n) is 4.81. The Morgan fingerprint density at radius 2 is 1.93 bits per heavy atom. The number of pyridine rings is 2. The van der Waals surface area contributed by atoms with Crippen molar-refractivity contribution in [3.8, 4) is 11.4 Å². The Balaban J connectivity index is 1.76. The molecule has 5 aromatic rings. The fraction of sp³-hybridized carbons (Fsp3) is 0.0952. The fourth-order valence-corrected chi connectivity index (χ4v) is 3.88. The number of nitrogens with one attached hydrogen (secondary N) is 1. The van der Waals surface area contributed by atoms with Gasteiger partial charge in [-0.3, -0.25) is 4.68 Å². The third kappa shape index (κ3) is 2.84. The molecule has 0 aliphatic heterocycles. The molecule has 0 saturated heterocycles. The number of hydrogen-bond acceptors (Lipinski definition) is 2. The highest BCUT2D eigenvalue weighted by molar-refractivity contribution is 6.45. The van der Waals surface area contributed by atoms with Crippen molar-refractivity contribution in [3.05, 3.63) is 76.8 Å². The standard InChI is InChI=1S/C21H15Cl2N5/c1-27-9-7-16(26-27)19-17-14-12-28(11-13-5-3-2-4-6-13)10-8-15(14)24-20(17)18(22)21(23)25-19/h2-10,12H,11H2,1H3/p+1. The van der Waals surface area contributed by atoms with E-state index in [0.717, 1.165) is 34.0 Å². The minimum absolute atomic E-state index is 0.263. The van der Waals surface area contributed by atoms with E-state index in [4.69, 9.17) is 23.2 Å².